The first-order valence-corrected chi connectivity index (χ1v) is 10.3. The highest BCUT2D eigenvalue weighted by atomic mass is 32.1. The molecule has 4 aliphatic rings. The van der Waals surface area contributed by atoms with Gasteiger partial charge in [-0.1, -0.05) is 30.4 Å². The molecule has 1 aromatic heterocycles. The largest absolute Gasteiger partial charge is 0.340 e. The summed E-state index contributed by atoms with van der Waals surface area (Å²) in [6, 6.07) is 4.42. The predicted molar refractivity (Wildman–Crippen MR) is 105 cm³/mol. The van der Waals surface area contributed by atoms with E-state index in [1.54, 1.807) is 0 Å². The Morgan fingerprint density at radius 1 is 0.778 bits per heavy atom. The zero-order valence-electron chi connectivity index (χ0n) is 15.8. The molecule has 2 aromatic rings. The fourth-order valence-corrected chi connectivity index (χ4v) is 6.11. The second-order valence-corrected chi connectivity index (χ2v) is 9.64. The second kappa shape index (κ2) is 5.10. The van der Waals surface area contributed by atoms with Gasteiger partial charge in [-0.15, -0.1) is 11.3 Å². The Labute approximate surface area is 162 Å². The number of rotatable bonds is 0. The van der Waals surface area contributed by atoms with Crippen molar-refractivity contribution in [3.8, 4) is 0 Å². The van der Waals surface area contributed by atoms with Crippen molar-refractivity contribution >= 4 is 33.6 Å². The van der Waals surface area contributed by atoms with E-state index in [4.69, 9.17) is 18.9 Å². The van der Waals surface area contributed by atoms with Gasteiger partial charge in [0.05, 0.1) is 0 Å². The van der Waals surface area contributed by atoms with E-state index in [-0.39, 0.29) is 24.4 Å². The summed E-state index contributed by atoms with van der Waals surface area (Å²) in [5, 5.41) is 1.25. The number of hydrogen-bond acceptors (Lipinski definition) is 5. The summed E-state index contributed by atoms with van der Waals surface area (Å²) in [7, 11) is 0. The molecule has 2 aliphatic heterocycles. The van der Waals surface area contributed by atoms with E-state index in [9.17, 15) is 0 Å². The van der Waals surface area contributed by atoms with Crippen molar-refractivity contribution in [2.75, 3.05) is 0 Å². The summed E-state index contributed by atoms with van der Waals surface area (Å²) < 4.78 is 26.0. The lowest BCUT2D eigenvalue weighted by molar-refractivity contribution is -0.143. The molecule has 2 saturated heterocycles. The van der Waals surface area contributed by atoms with Crippen molar-refractivity contribution in [2.45, 2.75) is 63.7 Å². The second-order valence-electron chi connectivity index (χ2n) is 8.58. The maximum Gasteiger partial charge on any atom is 0.164 e. The molecule has 140 valence electrons. The van der Waals surface area contributed by atoms with Crippen molar-refractivity contribution < 1.29 is 18.9 Å². The van der Waals surface area contributed by atoms with E-state index in [0.717, 1.165) is 0 Å². The summed E-state index contributed by atoms with van der Waals surface area (Å²) in [5.74, 6) is -1.14. The van der Waals surface area contributed by atoms with Crippen molar-refractivity contribution in [1.82, 2.24) is 0 Å². The van der Waals surface area contributed by atoms with Gasteiger partial charge in [0, 0.05) is 20.7 Å². The quantitative estimate of drug-likeness (QED) is 0.616. The average Bonchev–Trinajstić information content (AvgIpc) is 3.21. The third-order valence-corrected chi connectivity index (χ3v) is 6.95. The molecule has 0 spiro atoms. The summed E-state index contributed by atoms with van der Waals surface area (Å²) in [5.41, 5.74) is 3.71. The minimum atomic E-state index is -0.572. The van der Waals surface area contributed by atoms with Crippen LogP contribution in [0.4, 0.5) is 0 Å². The Hall–Kier alpha value is -1.50. The van der Waals surface area contributed by atoms with E-state index in [2.05, 4.69) is 36.4 Å². The molecule has 3 heterocycles. The Morgan fingerprint density at radius 3 is 2.11 bits per heavy atom. The molecule has 0 unspecified atom stereocenters. The fraction of sp³-hybridized carbons (Fsp3) is 0.455. The van der Waals surface area contributed by atoms with Crippen molar-refractivity contribution in [1.29, 1.82) is 0 Å². The minimum Gasteiger partial charge on any atom is -0.340 e. The Kier molecular flexibility index (Phi) is 3.11. The normalized spacial score (nSPS) is 34.4. The van der Waals surface area contributed by atoms with Gasteiger partial charge in [0.25, 0.3) is 0 Å². The number of fused-ring (bicyclic) bond motifs is 9. The highest BCUT2D eigenvalue weighted by molar-refractivity contribution is 7.20. The minimum absolute atomic E-state index is 0.0287. The SMILES string of the molecule is CC1(C)O[C@H]2C=Cc3sc4c5c(ccc4c3[C@H]2O1)C=C[C@@H]1OC(C)(C)O[C@H]51. The molecular weight excluding hydrogens is 360 g/mol. The summed E-state index contributed by atoms with van der Waals surface area (Å²) in [6.07, 6.45) is 8.41. The van der Waals surface area contributed by atoms with Crippen molar-refractivity contribution in [3.05, 3.63) is 45.9 Å². The molecule has 27 heavy (non-hydrogen) atoms. The molecule has 0 saturated carbocycles. The van der Waals surface area contributed by atoms with E-state index >= 15 is 0 Å². The maximum absolute atomic E-state index is 6.30. The van der Waals surface area contributed by atoms with Crippen molar-refractivity contribution in [2.24, 2.45) is 0 Å². The van der Waals surface area contributed by atoms with Crippen LogP contribution in [-0.4, -0.2) is 23.8 Å². The number of thiophene rings is 1. The summed E-state index contributed by atoms with van der Waals surface area (Å²) >= 11 is 1.82. The molecule has 4 atom stereocenters. The van der Waals surface area contributed by atoms with Crippen LogP contribution in [0.1, 0.15) is 61.5 Å². The molecule has 4 nitrogen and oxygen atoms in total. The first-order chi connectivity index (χ1) is 12.8. The van der Waals surface area contributed by atoms with Crippen LogP contribution in [0.2, 0.25) is 0 Å². The van der Waals surface area contributed by atoms with Crippen LogP contribution >= 0.6 is 11.3 Å². The van der Waals surface area contributed by atoms with Gasteiger partial charge in [0.1, 0.15) is 24.4 Å². The van der Waals surface area contributed by atoms with Gasteiger partial charge in [-0.05, 0) is 44.7 Å². The highest BCUT2D eigenvalue weighted by Gasteiger charge is 2.46. The zero-order chi connectivity index (χ0) is 18.6. The van der Waals surface area contributed by atoms with Crippen molar-refractivity contribution in [3.63, 3.8) is 0 Å². The molecule has 2 aliphatic carbocycles. The molecule has 0 N–H and O–H groups in total. The third kappa shape index (κ3) is 2.30. The van der Waals surface area contributed by atoms with Crippen LogP contribution in [0.3, 0.4) is 0 Å². The standard InChI is InChI=1S/C22H22O4S/c1-21(2)23-13-8-6-11-5-7-12-17-15(27-20(12)16(11)18(13)25-21)10-9-14-19(17)26-22(3,4)24-14/h5-10,13-14,18-19H,1-4H3/t13-,14-,18-,19-/m0/s1. The van der Waals surface area contributed by atoms with E-state index in [1.165, 1.54) is 31.7 Å². The van der Waals surface area contributed by atoms with Gasteiger partial charge in [0.15, 0.2) is 11.6 Å². The van der Waals surface area contributed by atoms with Crippen LogP contribution in [-0.2, 0) is 18.9 Å². The predicted octanol–water partition coefficient (Wildman–Crippen LogP) is 5.34. The molecular formula is C22H22O4S. The van der Waals surface area contributed by atoms with Gasteiger partial charge < -0.3 is 18.9 Å². The monoisotopic (exact) mass is 382 g/mol. The van der Waals surface area contributed by atoms with Crippen LogP contribution < -0.4 is 0 Å². The molecule has 2 fully saturated rings. The fourth-order valence-electron chi connectivity index (χ4n) is 4.78. The first kappa shape index (κ1) is 16.5. The van der Waals surface area contributed by atoms with Gasteiger partial charge >= 0.3 is 0 Å². The molecule has 0 amide bonds. The van der Waals surface area contributed by atoms with E-state index < -0.39 is 11.6 Å². The number of ether oxygens (including phenoxy) is 4. The van der Waals surface area contributed by atoms with Gasteiger partial charge in [-0.2, -0.15) is 0 Å². The van der Waals surface area contributed by atoms with Gasteiger partial charge in [-0.3, -0.25) is 0 Å². The third-order valence-electron chi connectivity index (χ3n) is 5.73. The topological polar surface area (TPSA) is 36.9 Å². The highest BCUT2D eigenvalue weighted by Crippen LogP contribution is 2.52. The zero-order valence-corrected chi connectivity index (χ0v) is 16.6. The molecule has 0 bridgehead atoms. The Bertz CT molecular complexity index is 1030. The average molecular weight is 382 g/mol. The number of benzene rings is 1. The Balaban J connectivity index is 1.56. The van der Waals surface area contributed by atoms with Gasteiger partial charge in [0.2, 0.25) is 0 Å². The molecule has 0 radical (unpaired) electrons. The van der Waals surface area contributed by atoms with Crippen LogP contribution in [0.15, 0.2) is 24.3 Å². The van der Waals surface area contributed by atoms with E-state index in [1.807, 2.05) is 39.0 Å². The maximum atomic E-state index is 6.30. The molecule has 6 rings (SSSR count). The first-order valence-electron chi connectivity index (χ1n) is 9.48. The lowest BCUT2D eigenvalue weighted by atomic mass is 9.89. The van der Waals surface area contributed by atoms with Crippen LogP contribution in [0.25, 0.3) is 22.2 Å². The summed E-state index contributed by atoms with van der Waals surface area (Å²) in [6.45, 7) is 7.93. The van der Waals surface area contributed by atoms with Crippen LogP contribution in [0, 0.1) is 0 Å². The smallest absolute Gasteiger partial charge is 0.164 e. The lowest BCUT2D eigenvalue weighted by Gasteiger charge is -2.22. The lowest BCUT2D eigenvalue weighted by Crippen LogP contribution is -2.20. The summed E-state index contributed by atoms with van der Waals surface area (Å²) in [4.78, 5) is 1.25. The van der Waals surface area contributed by atoms with Crippen LogP contribution in [0.5, 0.6) is 0 Å². The Morgan fingerprint density at radius 2 is 1.41 bits per heavy atom. The molecule has 5 heteroatoms. The number of hydrogen-bond donors (Lipinski definition) is 0. The van der Waals surface area contributed by atoms with Gasteiger partial charge in [-0.25, -0.2) is 0 Å². The van der Waals surface area contributed by atoms with E-state index in [0.29, 0.717) is 0 Å². The molecule has 1 aromatic carbocycles.